The van der Waals surface area contributed by atoms with Crippen LogP contribution in [0.1, 0.15) is 34.1 Å². The minimum atomic E-state index is -1.57. The van der Waals surface area contributed by atoms with Crippen molar-refractivity contribution < 1.29 is 9.53 Å². The zero-order valence-corrected chi connectivity index (χ0v) is 11.6. The average molecular weight is 218 g/mol. The zero-order chi connectivity index (χ0) is 11.4. The third-order valence-corrected chi connectivity index (χ3v) is 7.73. The van der Waals surface area contributed by atoms with Crippen molar-refractivity contribution in [3.05, 3.63) is 0 Å². The van der Waals surface area contributed by atoms with Gasteiger partial charge in [0.15, 0.2) is 8.32 Å². The van der Waals surface area contributed by atoms with Crippen molar-refractivity contribution in [2.45, 2.75) is 52.2 Å². The molecule has 0 unspecified atom stereocenters. The zero-order valence-electron chi connectivity index (χ0n) is 10.6. The van der Waals surface area contributed by atoms with E-state index in [-0.39, 0.29) is 11.6 Å². The van der Waals surface area contributed by atoms with Crippen molar-refractivity contribution in [1.29, 1.82) is 0 Å². The van der Waals surface area contributed by atoms with E-state index in [2.05, 4.69) is 40.8 Å². The Morgan fingerprint density at radius 1 is 1.29 bits per heavy atom. The van der Waals surface area contributed by atoms with Crippen molar-refractivity contribution in [1.82, 2.24) is 0 Å². The first-order valence-electron chi connectivity index (χ1n) is 5.45. The number of hydrogen-bond acceptors (Lipinski definition) is 2. The van der Waals surface area contributed by atoms with Gasteiger partial charge >= 0.3 is 0 Å². The molecule has 86 valence electrons. The van der Waals surface area contributed by atoms with Crippen molar-refractivity contribution in [3.8, 4) is 0 Å². The molecular formula is C11H26O2Si. The lowest BCUT2D eigenvalue weighted by Crippen LogP contribution is -2.41. The quantitative estimate of drug-likeness (QED) is 0.719. The van der Waals surface area contributed by atoms with Crippen LogP contribution in [0.2, 0.25) is 18.1 Å². The molecule has 0 rings (SSSR count). The van der Waals surface area contributed by atoms with Crippen molar-refractivity contribution in [2.24, 2.45) is 5.92 Å². The Morgan fingerprint density at radius 2 is 1.79 bits per heavy atom. The van der Waals surface area contributed by atoms with Gasteiger partial charge in [-0.15, -0.1) is 0 Å². The standard InChI is InChI=1S/C11H26O2Si/c1-10(9-12)7-8-13-14(5,6)11(2,3)4/h10,12H,7-9H2,1-6H3/t10-/m0/s1. The van der Waals surface area contributed by atoms with E-state index in [1.807, 2.05) is 0 Å². The lowest BCUT2D eigenvalue weighted by atomic mass is 10.1. The predicted molar refractivity (Wildman–Crippen MR) is 64.0 cm³/mol. The van der Waals surface area contributed by atoms with Gasteiger partial charge in [0.25, 0.3) is 0 Å². The highest BCUT2D eigenvalue weighted by Gasteiger charge is 2.36. The highest BCUT2D eigenvalue weighted by atomic mass is 28.4. The summed E-state index contributed by atoms with van der Waals surface area (Å²) in [5, 5.41) is 9.17. The molecule has 0 aromatic heterocycles. The van der Waals surface area contributed by atoms with Crippen LogP contribution in [0.25, 0.3) is 0 Å². The molecule has 0 aliphatic carbocycles. The monoisotopic (exact) mass is 218 g/mol. The molecule has 2 nitrogen and oxygen atoms in total. The van der Waals surface area contributed by atoms with Gasteiger partial charge in [-0.05, 0) is 30.5 Å². The van der Waals surface area contributed by atoms with Crippen LogP contribution in [0.15, 0.2) is 0 Å². The predicted octanol–water partition coefficient (Wildman–Crippen LogP) is 3.03. The van der Waals surface area contributed by atoms with Crippen LogP contribution in [0.4, 0.5) is 0 Å². The lowest BCUT2D eigenvalue weighted by molar-refractivity contribution is 0.195. The van der Waals surface area contributed by atoms with Crippen LogP contribution < -0.4 is 0 Å². The lowest BCUT2D eigenvalue weighted by Gasteiger charge is -2.36. The van der Waals surface area contributed by atoms with E-state index in [1.165, 1.54) is 0 Å². The van der Waals surface area contributed by atoms with E-state index >= 15 is 0 Å². The first-order valence-corrected chi connectivity index (χ1v) is 8.36. The largest absolute Gasteiger partial charge is 0.417 e. The maximum atomic E-state index is 8.88. The Balaban J connectivity index is 3.89. The molecule has 0 aliphatic heterocycles. The fourth-order valence-corrected chi connectivity index (χ4v) is 1.88. The first-order chi connectivity index (χ1) is 6.20. The summed E-state index contributed by atoms with van der Waals surface area (Å²) in [7, 11) is -1.57. The van der Waals surface area contributed by atoms with Crippen LogP contribution in [0, 0.1) is 5.92 Å². The minimum absolute atomic E-state index is 0.265. The third-order valence-electron chi connectivity index (χ3n) is 3.19. The smallest absolute Gasteiger partial charge is 0.191 e. The molecule has 0 aliphatic rings. The molecule has 0 heterocycles. The summed E-state index contributed by atoms with van der Waals surface area (Å²) in [6, 6.07) is 0. The van der Waals surface area contributed by atoms with E-state index in [0.29, 0.717) is 5.92 Å². The molecule has 3 heteroatoms. The Labute approximate surface area is 89.8 Å². The summed E-state index contributed by atoms with van der Waals surface area (Å²) in [4.78, 5) is 0. The van der Waals surface area contributed by atoms with E-state index in [4.69, 9.17) is 9.53 Å². The Kier molecular flexibility index (Phi) is 5.34. The van der Waals surface area contributed by atoms with Crippen molar-refractivity contribution in [3.63, 3.8) is 0 Å². The van der Waals surface area contributed by atoms with Crippen LogP contribution >= 0.6 is 0 Å². The molecular weight excluding hydrogens is 192 g/mol. The molecule has 14 heavy (non-hydrogen) atoms. The number of aliphatic hydroxyl groups excluding tert-OH is 1. The highest BCUT2D eigenvalue weighted by Crippen LogP contribution is 2.36. The molecule has 0 bridgehead atoms. The summed E-state index contributed by atoms with van der Waals surface area (Å²) < 4.78 is 5.99. The Bertz CT molecular complexity index is 161. The molecule has 0 amide bonds. The third kappa shape index (κ3) is 4.58. The van der Waals surface area contributed by atoms with Gasteiger partial charge in [-0.3, -0.25) is 0 Å². The molecule has 0 radical (unpaired) electrons. The SMILES string of the molecule is C[C@H](CO)CCO[Si](C)(C)C(C)(C)C. The number of aliphatic hydroxyl groups is 1. The topological polar surface area (TPSA) is 29.5 Å². The van der Waals surface area contributed by atoms with Crippen LogP contribution in [0.3, 0.4) is 0 Å². The molecule has 1 atom stereocenters. The van der Waals surface area contributed by atoms with Crippen LogP contribution in [-0.2, 0) is 4.43 Å². The fraction of sp³-hybridized carbons (Fsp3) is 1.00. The summed E-state index contributed by atoms with van der Waals surface area (Å²) in [6.07, 6.45) is 0.961. The summed E-state index contributed by atoms with van der Waals surface area (Å²) in [5.41, 5.74) is 0. The number of rotatable bonds is 5. The average Bonchev–Trinajstić information content (AvgIpc) is 2.01. The molecule has 0 saturated carbocycles. The molecule has 0 aromatic carbocycles. The summed E-state index contributed by atoms with van der Waals surface area (Å²) >= 11 is 0. The van der Waals surface area contributed by atoms with E-state index < -0.39 is 8.32 Å². The van der Waals surface area contributed by atoms with Crippen molar-refractivity contribution >= 4 is 8.32 Å². The van der Waals surface area contributed by atoms with Crippen molar-refractivity contribution in [2.75, 3.05) is 13.2 Å². The van der Waals surface area contributed by atoms with Gasteiger partial charge in [0.1, 0.15) is 0 Å². The summed E-state index contributed by atoms with van der Waals surface area (Å²) in [5.74, 6) is 0.361. The normalized spacial score (nSPS) is 15.6. The van der Waals surface area contributed by atoms with Gasteiger partial charge in [0, 0.05) is 13.2 Å². The molecule has 0 spiro atoms. The minimum Gasteiger partial charge on any atom is -0.417 e. The maximum Gasteiger partial charge on any atom is 0.191 e. The second-order valence-electron chi connectivity index (χ2n) is 5.69. The van der Waals surface area contributed by atoms with Gasteiger partial charge in [0.2, 0.25) is 0 Å². The Morgan fingerprint density at radius 3 is 2.14 bits per heavy atom. The van der Waals surface area contributed by atoms with Gasteiger partial charge in [-0.2, -0.15) is 0 Å². The Hall–Kier alpha value is 0.137. The van der Waals surface area contributed by atoms with Crippen LogP contribution in [-0.4, -0.2) is 26.6 Å². The van der Waals surface area contributed by atoms with Gasteiger partial charge in [0.05, 0.1) is 0 Å². The fourth-order valence-electron chi connectivity index (χ4n) is 0.823. The maximum absolute atomic E-state index is 8.88. The second kappa shape index (κ2) is 5.28. The molecule has 0 fully saturated rings. The van der Waals surface area contributed by atoms with Gasteiger partial charge in [-0.1, -0.05) is 27.7 Å². The van der Waals surface area contributed by atoms with Gasteiger partial charge in [-0.25, -0.2) is 0 Å². The molecule has 1 N–H and O–H groups in total. The summed E-state index contributed by atoms with van der Waals surface area (Å²) in [6.45, 7) is 14.4. The highest BCUT2D eigenvalue weighted by molar-refractivity contribution is 6.74. The second-order valence-corrected chi connectivity index (χ2v) is 10.5. The van der Waals surface area contributed by atoms with E-state index in [1.54, 1.807) is 0 Å². The molecule has 0 saturated heterocycles. The van der Waals surface area contributed by atoms with Gasteiger partial charge < -0.3 is 9.53 Å². The van der Waals surface area contributed by atoms with E-state index in [9.17, 15) is 0 Å². The van der Waals surface area contributed by atoms with E-state index in [0.717, 1.165) is 13.0 Å². The van der Waals surface area contributed by atoms with Crippen LogP contribution in [0.5, 0.6) is 0 Å². The molecule has 0 aromatic rings. The number of hydrogen-bond donors (Lipinski definition) is 1. The first kappa shape index (κ1) is 14.1.